The molecule has 0 bridgehead atoms. The average molecular weight is 189 g/mol. The van der Waals surface area contributed by atoms with Gasteiger partial charge in [0.2, 0.25) is 0 Å². The van der Waals surface area contributed by atoms with Crippen molar-refractivity contribution in [2.24, 2.45) is 0 Å². The summed E-state index contributed by atoms with van der Waals surface area (Å²) in [6, 6.07) is 7.49. The van der Waals surface area contributed by atoms with Crippen molar-refractivity contribution in [2.45, 2.75) is 6.92 Å². The summed E-state index contributed by atoms with van der Waals surface area (Å²) in [6.45, 7) is 2.21. The number of rotatable bonds is 2. The van der Waals surface area contributed by atoms with Crippen LogP contribution in [0.15, 0.2) is 36.7 Å². The Morgan fingerprint density at radius 1 is 1.36 bits per heavy atom. The molecule has 3 nitrogen and oxygen atoms in total. The minimum atomic E-state index is -0.263. The van der Waals surface area contributed by atoms with Crippen LogP contribution in [0.4, 0.5) is 0 Å². The first-order valence-electron chi connectivity index (χ1n) is 4.55. The molecule has 0 aromatic carbocycles. The summed E-state index contributed by atoms with van der Waals surface area (Å²) in [5.74, 6) is -0.263. The third-order valence-corrected chi connectivity index (χ3v) is 2.06. The van der Waals surface area contributed by atoms with Gasteiger partial charge in [-0.1, -0.05) is 6.07 Å². The first-order chi connectivity index (χ1) is 6.83. The molecule has 0 amide bonds. The van der Waals surface area contributed by atoms with Crippen molar-refractivity contribution in [2.75, 3.05) is 6.61 Å². The van der Waals surface area contributed by atoms with E-state index in [1.807, 2.05) is 35.0 Å². The fourth-order valence-corrected chi connectivity index (χ4v) is 1.44. The number of aromatic nitrogens is 1. The Morgan fingerprint density at radius 3 is 3.00 bits per heavy atom. The van der Waals surface area contributed by atoms with Crippen LogP contribution in [-0.2, 0) is 4.74 Å². The molecule has 3 heteroatoms. The molecule has 0 aliphatic heterocycles. The number of nitrogens with zero attached hydrogens (tertiary/aromatic N) is 1. The second-order valence-electron chi connectivity index (χ2n) is 2.94. The first kappa shape index (κ1) is 8.81. The van der Waals surface area contributed by atoms with E-state index in [0.29, 0.717) is 12.2 Å². The van der Waals surface area contributed by atoms with Gasteiger partial charge in [-0.15, -0.1) is 0 Å². The van der Waals surface area contributed by atoms with Crippen molar-refractivity contribution in [1.29, 1.82) is 0 Å². The van der Waals surface area contributed by atoms with Gasteiger partial charge in [0.05, 0.1) is 17.7 Å². The molecule has 0 fully saturated rings. The number of fused-ring (bicyclic) bond motifs is 1. The van der Waals surface area contributed by atoms with E-state index in [1.54, 1.807) is 13.0 Å². The highest BCUT2D eigenvalue weighted by Gasteiger charge is 2.10. The molecular formula is C11H11NO2. The van der Waals surface area contributed by atoms with Crippen molar-refractivity contribution in [3.05, 3.63) is 42.2 Å². The SMILES string of the molecule is CCOC(=O)c1ccn2ccccc12. The zero-order chi connectivity index (χ0) is 9.97. The Bertz CT molecular complexity index is 459. The molecule has 2 aromatic heterocycles. The first-order valence-corrected chi connectivity index (χ1v) is 4.55. The minimum Gasteiger partial charge on any atom is -0.462 e. The lowest BCUT2D eigenvalue weighted by atomic mass is 10.2. The van der Waals surface area contributed by atoms with Gasteiger partial charge in [0.25, 0.3) is 0 Å². The van der Waals surface area contributed by atoms with E-state index < -0.39 is 0 Å². The van der Waals surface area contributed by atoms with E-state index in [-0.39, 0.29) is 5.97 Å². The van der Waals surface area contributed by atoms with E-state index in [0.717, 1.165) is 5.52 Å². The summed E-state index contributed by atoms with van der Waals surface area (Å²) in [4.78, 5) is 11.5. The molecule has 2 heterocycles. The Labute approximate surface area is 81.9 Å². The maximum Gasteiger partial charge on any atom is 0.340 e. The minimum absolute atomic E-state index is 0.263. The van der Waals surface area contributed by atoms with Gasteiger partial charge in [-0.25, -0.2) is 4.79 Å². The molecule has 0 aliphatic rings. The van der Waals surface area contributed by atoms with Crippen molar-refractivity contribution in [3.63, 3.8) is 0 Å². The van der Waals surface area contributed by atoms with Gasteiger partial charge in [0.1, 0.15) is 0 Å². The number of carbonyl (C=O) groups excluding carboxylic acids is 1. The van der Waals surface area contributed by atoms with Gasteiger partial charge in [-0.2, -0.15) is 0 Å². The molecule has 0 saturated carbocycles. The highest BCUT2D eigenvalue weighted by molar-refractivity contribution is 5.97. The van der Waals surface area contributed by atoms with Crippen LogP contribution in [0, 0.1) is 0 Å². The molecule has 0 atom stereocenters. The lowest BCUT2D eigenvalue weighted by Gasteiger charge is -1.99. The molecule has 0 saturated heterocycles. The highest BCUT2D eigenvalue weighted by Crippen LogP contribution is 2.13. The molecule has 0 N–H and O–H groups in total. The van der Waals surface area contributed by atoms with Crippen LogP contribution in [-0.4, -0.2) is 17.0 Å². The molecule has 2 rings (SSSR count). The predicted octanol–water partition coefficient (Wildman–Crippen LogP) is 2.12. The van der Waals surface area contributed by atoms with Crippen molar-refractivity contribution >= 4 is 11.5 Å². The molecule has 14 heavy (non-hydrogen) atoms. The average Bonchev–Trinajstić information content (AvgIpc) is 2.61. The summed E-state index contributed by atoms with van der Waals surface area (Å²) in [6.07, 6.45) is 3.75. The lowest BCUT2D eigenvalue weighted by Crippen LogP contribution is -2.03. The highest BCUT2D eigenvalue weighted by atomic mass is 16.5. The van der Waals surface area contributed by atoms with Crippen LogP contribution in [0.25, 0.3) is 5.52 Å². The predicted molar refractivity (Wildman–Crippen MR) is 53.4 cm³/mol. The van der Waals surface area contributed by atoms with Crippen LogP contribution in [0.5, 0.6) is 0 Å². The summed E-state index contributed by atoms with van der Waals surface area (Å²) in [5.41, 5.74) is 1.50. The van der Waals surface area contributed by atoms with Gasteiger partial charge in [0.15, 0.2) is 0 Å². The Hall–Kier alpha value is -1.77. The topological polar surface area (TPSA) is 30.7 Å². The van der Waals surface area contributed by atoms with Crippen molar-refractivity contribution < 1.29 is 9.53 Å². The second kappa shape index (κ2) is 3.54. The summed E-state index contributed by atoms with van der Waals surface area (Å²) >= 11 is 0. The number of hydrogen-bond acceptors (Lipinski definition) is 2. The second-order valence-corrected chi connectivity index (χ2v) is 2.94. The number of hydrogen-bond donors (Lipinski definition) is 0. The van der Waals surface area contributed by atoms with Crippen LogP contribution >= 0.6 is 0 Å². The molecule has 0 aliphatic carbocycles. The third kappa shape index (κ3) is 1.37. The van der Waals surface area contributed by atoms with Gasteiger partial charge in [-0.3, -0.25) is 0 Å². The lowest BCUT2D eigenvalue weighted by molar-refractivity contribution is 0.0529. The Kier molecular flexibility index (Phi) is 2.23. The Morgan fingerprint density at radius 2 is 2.21 bits per heavy atom. The van der Waals surface area contributed by atoms with E-state index >= 15 is 0 Å². The van der Waals surface area contributed by atoms with Crippen LogP contribution < -0.4 is 0 Å². The smallest absolute Gasteiger partial charge is 0.340 e. The summed E-state index contributed by atoms with van der Waals surface area (Å²) in [5, 5.41) is 0. The van der Waals surface area contributed by atoms with Crippen LogP contribution in [0.2, 0.25) is 0 Å². The van der Waals surface area contributed by atoms with Crippen molar-refractivity contribution in [3.8, 4) is 0 Å². The van der Waals surface area contributed by atoms with Gasteiger partial charge in [0, 0.05) is 12.4 Å². The number of esters is 1. The third-order valence-electron chi connectivity index (χ3n) is 2.06. The standard InChI is InChI=1S/C11H11NO2/c1-2-14-11(13)9-6-8-12-7-4-3-5-10(9)12/h3-8H,2H2,1H3. The van der Waals surface area contributed by atoms with E-state index in [4.69, 9.17) is 4.74 Å². The summed E-state index contributed by atoms with van der Waals surface area (Å²) in [7, 11) is 0. The molecule has 0 spiro atoms. The zero-order valence-corrected chi connectivity index (χ0v) is 7.93. The fraction of sp³-hybridized carbons (Fsp3) is 0.182. The molecule has 0 radical (unpaired) electrons. The fourth-order valence-electron chi connectivity index (χ4n) is 1.44. The maximum atomic E-state index is 11.5. The van der Waals surface area contributed by atoms with E-state index in [9.17, 15) is 4.79 Å². The number of ether oxygens (including phenoxy) is 1. The molecule has 0 unspecified atom stereocenters. The van der Waals surface area contributed by atoms with E-state index in [2.05, 4.69) is 0 Å². The molecule has 72 valence electrons. The van der Waals surface area contributed by atoms with Gasteiger partial charge in [-0.05, 0) is 25.1 Å². The summed E-state index contributed by atoms with van der Waals surface area (Å²) < 4.78 is 6.84. The monoisotopic (exact) mass is 189 g/mol. The van der Waals surface area contributed by atoms with E-state index in [1.165, 1.54) is 0 Å². The quantitative estimate of drug-likeness (QED) is 0.677. The normalized spacial score (nSPS) is 10.4. The molecular weight excluding hydrogens is 178 g/mol. The number of carbonyl (C=O) groups is 1. The molecule has 2 aromatic rings. The van der Waals surface area contributed by atoms with Crippen LogP contribution in [0.3, 0.4) is 0 Å². The van der Waals surface area contributed by atoms with Crippen LogP contribution in [0.1, 0.15) is 17.3 Å². The largest absolute Gasteiger partial charge is 0.462 e. The van der Waals surface area contributed by atoms with Gasteiger partial charge < -0.3 is 9.14 Å². The van der Waals surface area contributed by atoms with Gasteiger partial charge >= 0.3 is 5.97 Å². The zero-order valence-electron chi connectivity index (χ0n) is 7.93. The van der Waals surface area contributed by atoms with Crippen molar-refractivity contribution in [1.82, 2.24) is 4.40 Å². The maximum absolute atomic E-state index is 11.5. The Balaban J connectivity index is 2.47. The number of pyridine rings is 1.